The zero-order chi connectivity index (χ0) is 16.4. The van der Waals surface area contributed by atoms with Crippen LogP contribution in [0.4, 0.5) is 13.2 Å². The summed E-state index contributed by atoms with van der Waals surface area (Å²) < 4.78 is 43.0. The topological polar surface area (TPSA) is 42.2 Å². The fourth-order valence-electron chi connectivity index (χ4n) is 2.20. The zero-order valence-corrected chi connectivity index (χ0v) is 11.9. The third-order valence-corrected chi connectivity index (χ3v) is 3.37. The minimum absolute atomic E-state index is 0.161. The summed E-state index contributed by atoms with van der Waals surface area (Å²) in [7, 11) is 0. The lowest BCUT2D eigenvalue weighted by atomic mass is 10.1. The molecule has 6 heteroatoms. The number of halogens is 3. The zero-order valence-electron chi connectivity index (χ0n) is 11.9. The molecule has 0 fully saturated rings. The molecule has 1 heterocycles. The van der Waals surface area contributed by atoms with Gasteiger partial charge in [-0.3, -0.25) is 4.79 Å². The Morgan fingerprint density at radius 1 is 1.04 bits per heavy atom. The van der Waals surface area contributed by atoms with E-state index in [0.29, 0.717) is 11.3 Å². The lowest BCUT2D eigenvalue weighted by molar-refractivity contribution is -0.137. The van der Waals surface area contributed by atoms with Gasteiger partial charge in [-0.2, -0.15) is 13.2 Å². The van der Waals surface area contributed by atoms with Crippen molar-refractivity contribution in [1.82, 2.24) is 5.32 Å². The van der Waals surface area contributed by atoms with Crippen LogP contribution in [0.2, 0.25) is 0 Å². The van der Waals surface area contributed by atoms with E-state index in [4.69, 9.17) is 4.42 Å². The molecule has 0 radical (unpaired) electrons. The number of carbonyl (C=O) groups is 1. The highest BCUT2D eigenvalue weighted by molar-refractivity contribution is 5.94. The van der Waals surface area contributed by atoms with E-state index in [1.165, 1.54) is 0 Å². The van der Waals surface area contributed by atoms with Gasteiger partial charge in [0, 0.05) is 10.9 Å². The molecule has 3 nitrogen and oxygen atoms in total. The molecule has 0 aliphatic rings. The maximum Gasteiger partial charge on any atom is 0.416 e. The Bertz CT molecular complexity index is 802. The molecular formula is C17H12F3NO2. The highest BCUT2D eigenvalue weighted by Crippen LogP contribution is 2.29. The third kappa shape index (κ3) is 3.36. The van der Waals surface area contributed by atoms with E-state index in [2.05, 4.69) is 5.32 Å². The van der Waals surface area contributed by atoms with Crippen molar-refractivity contribution in [3.05, 3.63) is 71.5 Å². The van der Waals surface area contributed by atoms with Gasteiger partial charge in [-0.25, -0.2) is 0 Å². The van der Waals surface area contributed by atoms with Gasteiger partial charge in [0.05, 0.1) is 12.1 Å². The molecule has 118 valence electrons. The van der Waals surface area contributed by atoms with Crippen LogP contribution in [0.3, 0.4) is 0 Å². The summed E-state index contributed by atoms with van der Waals surface area (Å²) >= 11 is 0. The van der Waals surface area contributed by atoms with E-state index in [1.54, 1.807) is 0 Å². The predicted octanol–water partition coefficient (Wildman–Crippen LogP) is 4.38. The van der Waals surface area contributed by atoms with Gasteiger partial charge in [0.15, 0.2) is 0 Å². The number of alkyl halides is 3. The van der Waals surface area contributed by atoms with Gasteiger partial charge in [-0.1, -0.05) is 18.2 Å². The number of benzene rings is 2. The lowest BCUT2D eigenvalue weighted by Crippen LogP contribution is -2.22. The molecule has 0 saturated carbocycles. The Hall–Kier alpha value is -2.76. The highest BCUT2D eigenvalue weighted by Gasteiger charge is 2.30. The van der Waals surface area contributed by atoms with Gasteiger partial charge in [-0.15, -0.1) is 0 Å². The Labute approximate surface area is 129 Å². The molecule has 23 heavy (non-hydrogen) atoms. The first-order chi connectivity index (χ1) is 10.9. The van der Waals surface area contributed by atoms with Gasteiger partial charge < -0.3 is 9.73 Å². The normalized spacial score (nSPS) is 11.6. The minimum atomic E-state index is -4.41. The van der Waals surface area contributed by atoms with Crippen molar-refractivity contribution in [3.8, 4) is 0 Å². The van der Waals surface area contributed by atoms with Crippen LogP contribution in [0.5, 0.6) is 0 Å². The van der Waals surface area contributed by atoms with Crippen LogP contribution in [0.1, 0.15) is 21.7 Å². The van der Waals surface area contributed by atoms with Gasteiger partial charge in [0.25, 0.3) is 5.91 Å². The molecule has 0 aliphatic heterocycles. The van der Waals surface area contributed by atoms with Crippen molar-refractivity contribution in [2.24, 2.45) is 0 Å². The Kier molecular flexibility index (Phi) is 3.82. The lowest BCUT2D eigenvalue weighted by Gasteiger charge is -2.07. The highest BCUT2D eigenvalue weighted by atomic mass is 19.4. The van der Waals surface area contributed by atoms with E-state index in [0.717, 1.165) is 29.7 Å². The number of nitrogens with one attached hydrogen (secondary N) is 1. The fourth-order valence-corrected chi connectivity index (χ4v) is 2.20. The second-order valence-corrected chi connectivity index (χ2v) is 5.01. The molecule has 0 saturated heterocycles. The summed E-state index contributed by atoms with van der Waals surface area (Å²) in [5.74, 6) is 0.116. The molecule has 0 unspecified atom stereocenters. The van der Waals surface area contributed by atoms with Gasteiger partial charge in [0.2, 0.25) is 0 Å². The maximum atomic E-state index is 12.5. The molecule has 1 N–H and O–H groups in total. The van der Waals surface area contributed by atoms with Crippen LogP contribution >= 0.6 is 0 Å². The third-order valence-electron chi connectivity index (χ3n) is 3.37. The quantitative estimate of drug-likeness (QED) is 0.778. The monoisotopic (exact) mass is 319 g/mol. The first kappa shape index (κ1) is 15.1. The molecule has 0 spiro atoms. The van der Waals surface area contributed by atoms with Gasteiger partial charge in [-0.05, 0) is 36.4 Å². The van der Waals surface area contributed by atoms with Crippen molar-refractivity contribution < 1.29 is 22.4 Å². The predicted molar refractivity (Wildman–Crippen MR) is 78.8 cm³/mol. The summed E-state index contributed by atoms with van der Waals surface area (Å²) in [4.78, 5) is 12.0. The Balaban J connectivity index is 1.67. The van der Waals surface area contributed by atoms with Crippen LogP contribution in [-0.4, -0.2) is 5.91 Å². The van der Waals surface area contributed by atoms with E-state index in [9.17, 15) is 18.0 Å². The number of carbonyl (C=O) groups excluding carboxylic acids is 1. The molecule has 3 aromatic rings. The maximum absolute atomic E-state index is 12.5. The van der Waals surface area contributed by atoms with Crippen molar-refractivity contribution in [3.63, 3.8) is 0 Å². The SMILES string of the molecule is O=C(NCc1cc2ccccc2o1)c1ccc(C(F)(F)F)cc1. The number of furan rings is 1. The number of fused-ring (bicyclic) bond motifs is 1. The van der Waals surface area contributed by atoms with E-state index in [-0.39, 0.29) is 12.1 Å². The van der Waals surface area contributed by atoms with Crippen LogP contribution < -0.4 is 5.32 Å². The van der Waals surface area contributed by atoms with Crippen LogP contribution in [0.25, 0.3) is 11.0 Å². The van der Waals surface area contributed by atoms with Crippen LogP contribution in [0.15, 0.2) is 59.0 Å². The largest absolute Gasteiger partial charge is 0.459 e. The average molecular weight is 319 g/mol. The Morgan fingerprint density at radius 2 is 1.74 bits per heavy atom. The standard InChI is InChI=1S/C17H12F3NO2/c18-17(19,20)13-7-5-11(6-8-13)16(22)21-10-14-9-12-3-1-2-4-15(12)23-14/h1-9H,10H2,(H,21,22). The molecule has 2 aromatic carbocycles. The molecule has 1 aromatic heterocycles. The first-order valence-corrected chi connectivity index (χ1v) is 6.86. The summed E-state index contributed by atoms with van der Waals surface area (Å²) in [5, 5.41) is 3.54. The first-order valence-electron chi connectivity index (χ1n) is 6.86. The van der Waals surface area contributed by atoms with E-state index >= 15 is 0 Å². The number of amides is 1. The van der Waals surface area contributed by atoms with E-state index < -0.39 is 17.6 Å². The molecular weight excluding hydrogens is 307 g/mol. The summed E-state index contributed by atoms with van der Waals surface area (Å²) in [6.07, 6.45) is -4.41. The molecule has 0 aliphatic carbocycles. The summed E-state index contributed by atoms with van der Waals surface area (Å²) in [6, 6.07) is 13.3. The fraction of sp³-hybridized carbons (Fsp3) is 0.118. The molecule has 3 rings (SSSR count). The minimum Gasteiger partial charge on any atom is -0.459 e. The van der Waals surface area contributed by atoms with Crippen LogP contribution in [0, 0.1) is 0 Å². The van der Waals surface area contributed by atoms with Crippen LogP contribution in [-0.2, 0) is 12.7 Å². The number of hydrogen-bond donors (Lipinski definition) is 1. The number of rotatable bonds is 3. The Morgan fingerprint density at radius 3 is 2.39 bits per heavy atom. The number of para-hydroxylation sites is 1. The van der Waals surface area contributed by atoms with Crippen molar-refractivity contribution in [1.29, 1.82) is 0 Å². The van der Waals surface area contributed by atoms with Gasteiger partial charge in [0.1, 0.15) is 11.3 Å². The van der Waals surface area contributed by atoms with Crippen molar-refractivity contribution in [2.75, 3.05) is 0 Å². The van der Waals surface area contributed by atoms with E-state index in [1.807, 2.05) is 30.3 Å². The van der Waals surface area contributed by atoms with Crippen molar-refractivity contribution in [2.45, 2.75) is 12.7 Å². The smallest absolute Gasteiger partial charge is 0.416 e. The number of hydrogen-bond acceptors (Lipinski definition) is 2. The van der Waals surface area contributed by atoms with Crippen molar-refractivity contribution >= 4 is 16.9 Å². The average Bonchev–Trinajstić information content (AvgIpc) is 2.95. The van der Waals surface area contributed by atoms with Gasteiger partial charge >= 0.3 is 6.18 Å². The molecule has 0 atom stereocenters. The summed E-state index contributed by atoms with van der Waals surface area (Å²) in [5.41, 5.74) is 0.0896. The summed E-state index contributed by atoms with van der Waals surface area (Å²) in [6.45, 7) is 0.161. The second kappa shape index (κ2) is 5.79. The molecule has 0 bridgehead atoms. The second-order valence-electron chi connectivity index (χ2n) is 5.01. The molecule has 1 amide bonds.